The van der Waals surface area contributed by atoms with E-state index in [2.05, 4.69) is 38.3 Å². The number of halogens is 1. The molecule has 0 spiro atoms. The highest BCUT2D eigenvalue weighted by Gasteiger charge is 2.40. The number of hydrogen-bond acceptors (Lipinski definition) is 5. The van der Waals surface area contributed by atoms with Gasteiger partial charge in [0, 0.05) is 54.1 Å². The van der Waals surface area contributed by atoms with E-state index in [0.29, 0.717) is 19.5 Å². The van der Waals surface area contributed by atoms with Crippen molar-refractivity contribution in [2.45, 2.75) is 31.2 Å². The normalized spacial score (nSPS) is 20.5. The van der Waals surface area contributed by atoms with E-state index < -0.39 is 29.7 Å². The van der Waals surface area contributed by atoms with Crippen LogP contribution in [-0.4, -0.2) is 60.7 Å². The molecule has 0 unspecified atom stereocenters. The number of nitrogens with zero attached hydrogens (tertiary/aromatic N) is 2. The summed E-state index contributed by atoms with van der Waals surface area (Å²) in [6, 6.07) is 16.1. The molecular weight excluding hydrogens is 538 g/mol. The zero-order chi connectivity index (χ0) is 26.5. The first-order valence-electron chi connectivity index (χ1n) is 12.5. The third-order valence-electron chi connectivity index (χ3n) is 7.36. The van der Waals surface area contributed by atoms with Gasteiger partial charge in [-0.3, -0.25) is 19.2 Å². The second kappa shape index (κ2) is 11.8. The summed E-state index contributed by atoms with van der Waals surface area (Å²) in [7, 11) is 0. The molecule has 0 radical (unpaired) electrons. The van der Waals surface area contributed by atoms with Gasteiger partial charge in [-0.2, -0.15) is 0 Å². The molecule has 0 saturated carbocycles. The standard InChI is InChI=1S/C27H32BrN5O4/c28-19-7-4-8-20(15-19)32-12-9-18(10-13-32)27(37)33-14-11-21(22(16-33)17-5-2-1-3-6-17)26(36)31-23(24(29)34)25(30)35/h1-8,15,18,21-23H,9-14,16H2,(H2,29,34)(H2,30,35)(H,31,36)/t21-,22-/m1/s1. The number of nitrogens with two attached hydrogens (primary N) is 2. The van der Waals surface area contributed by atoms with E-state index in [0.717, 1.165) is 41.7 Å². The fourth-order valence-corrected chi connectivity index (χ4v) is 5.74. The van der Waals surface area contributed by atoms with Crippen molar-refractivity contribution in [1.29, 1.82) is 0 Å². The number of hydrogen-bond donors (Lipinski definition) is 3. The predicted molar refractivity (Wildman–Crippen MR) is 143 cm³/mol. The molecule has 5 N–H and O–H groups in total. The lowest BCUT2D eigenvalue weighted by molar-refractivity contribution is -0.141. The van der Waals surface area contributed by atoms with Gasteiger partial charge < -0.3 is 26.6 Å². The molecular formula is C27H32BrN5O4. The Labute approximate surface area is 224 Å². The summed E-state index contributed by atoms with van der Waals surface area (Å²) in [4.78, 5) is 54.0. The molecule has 2 aliphatic rings. The maximum Gasteiger partial charge on any atom is 0.249 e. The molecule has 2 fully saturated rings. The number of rotatable bonds is 7. The second-order valence-electron chi connectivity index (χ2n) is 9.68. The van der Waals surface area contributed by atoms with E-state index in [4.69, 9.17) is 11.5 Å². The summed E-state index contributed by atoms with van der Waals surface area (Å²) in [6.45, 7) is 2.40. The largest absolute Gasteiger partial charge is 0.371 e. The van der Waals surface area contributed by atoms with Crippen LogP contribution in [0.5, 0.6) is 0 Å². The Bertz CT molecular complexity index is 1140. The summed E-state index contributed by atoms with van der Waals surface area (Å²) in [6.07, 6.45) is 1.93. The number of likely N-dealkylation sites (tertiary alicyclic amines) is 1. The fourth-order valence-electron chi connectivity index (χ4n) is 5.35. The van der Waals surface area contributed by atoms with Crippen molar-refractivity contribution < 1.29 is 19.2 Å². The monoisotopic (exact) mass is 569 g/mol. The Morgan fingerprint density at radius 2 is 1.57 bits per heavy atom. The molecule has 2 atom stereocenters. The first-order chi connectivity index (χ1) is 17.7. The minimum atomic E-state index is -1.57. The molecule has 37 heavy (non-hydrogen) atoms. The SMILES string of the molecule is NC(=O)C(NC(=O)[C@@H]1CCN(C(=O)C2CCN(c3cccc(Br)c3)CC2)C[C@@H]1c1ccccc1)C(N)=O. The van der Waals surface area contributed by atoms with E-state index in [1.165, 1.54) is 0 Å². The van der Waals surface area contributed by atoms with Crippen LogP contribution in [0.15, 0.2) is 59.1 Å². The Balaban J connectivity index is 1.44. The molecule has 0 aromatic heterocycles. The molecule has 2 aliphatic heterocycles. The van der Waals surface area contributed by atoms with E-state index in [-0.39, 0.29) is 17.7 Å². The van der Waals surface area contributed by atoms with Crippen molar-refractivity contribution in [3.8, 4) is 0 Å². The van der Waals surface area contributed by atoms with E-state index >= 15 is 0 Å². The number of nitrogens with one attached hydrogen (secondary N) is 1. The average Bonchev–Trinajstić information content (AvgIpc) is 2.91. The molecule has 4 rings (SSSR count). The van der Waals surface area contributed by atoms with Crippen LogP contribution < -0.4 is 21.7 Å². The van der Waals surface area contributed by atoms with Gasteiger partial charge in [0.15, 0.2) is 6.04 Å². The first kappa shape index (κ1) is 26.7. The third-order valence-corrected chi connectivity index (χ3v) is 7.86. The van der Waals surface area contributed by atoms with Crippen molar-refractivity contribution >= 4 is 45.2 Å². The minimum absolute atomic E-state index is 0.0701. The third kappa shape index (κ3) is 6.30. The van der Waals surface area contributed by atoms with Crippen LogP contribution in [0.3, 0.4) is 0 Å². The second-order valence-corrected chi connectivity index (χ2v) is 10.6. The van der Waals surface area contributed by atoms with Crippen LogP contribution in [0.4, 0.5) is 5.69 Å². The maximum absolute atomic E-state index is 13.5. The van der Waals surface area contributed by atoms with Gasteiger partial charge in [0.1, 0.15) is 0 Å². The minimum Gasteiger partial charge on any atom is -0.371 e. The Hall–Kier alpha value is -3.40. The van der Waals surface area contributed by atoms with Crippen LogP contribution in [0.25, 0.3) is 0 Å². The van der Waals surface area contributed by atoms with Crippen LogP contribution in [-0.2, 0) is 19.2 Å². The van der Waals surface area contributed by atoms with Crippen molar-refractivity contribution in [1.82, 2.24) is 10.2 Å². The molecule has 0 aliphatic carbocycles. The number of primary amides is 2. The van der Waals surface area contributed by atoms with Crippen LogP contribution >= 0.6 is 15.9 Å². The number of anilines is 1. The molecule has 4 amide bonds. The van der Waals surface area contributed by atoms with E-state index in [1.807, 2.05) is 47.4 Å². The van der Waals surface area contributed by atoms with Gasteiger partial charge in [0.2, 0.25) is 23.6 Å². The van der Waals surface area contributed by atoms with E-state index in [9.17, 15) is 19.2 Å². The first-order valence-corrected chi connectivity index (χ1v) is 13.3. The number of amides is 4. The van der Waals surface area contributed by atoms with E-state index in [1.54, 1.807) is 0 Å². The number of carbonyl (C=O) groups is 4. The number of benzene rings is 2. The smallest absolute Gasteiger partial charge is 0.249 e. The summed E-state index contributed by atoms with van der Waals surface area (Å²) in [5.41, 5.74) is 12.5. The molecule has 2 aromatic carbocycles. The van der Waals surface area contributed by atoms with Gasteiger partial charge in [-0.25, -0.2) is 0 Å². The summed E-state index contributed by atoms with van der Waals surface area (Å²) >= 11 is 3.52. The predicted octanol–water partition coefficient (Wildman–Crippen LogP) is 1.75. The Morgan fingerprint density at radius 3 is 2.19 bits per heavy atom. The van der Waals surface area contributed by atoms with Crippen LogP contribution in [0.2, 0.25) is 0 Å². The van der Waals surface area contributed by atoms with Gasteiger partial charge in [-0.15, -0.1) is 0 Å². The highest BCUT2D eigenvalue weighted by atomic mass is 79.9. The van der Waals surface area contributed by atoms with Gasteiger partial charge >= 0.3 is 0 Å². The van der Waals surface area contributed by atoms with Gasteiger partial charge in [0.25, 0.3) is 0 Å². The number of piperidine rings is 2. The summed E-state index contributed by atoms with van der Waals surface area (Å²) in [5, 5.41) is 2.42. The fraction of sp³-hybridized carbons (Fsp3) is 0.407. The maximum atomic E-state index is 13.5. The zero-order valence-electron chi connectivity index (χ0n) is 20.5. The van der Waals surface area contributed by atoms with Crippen LogP contribution in [0.1, 0.15) is 30.7 Å². The highest BCUT2D eigenvalue weighted by Crippen LogP contribution is 2.35. The van der Waals surface area contributed by atoms with Gasteiger partial charge in [0.05, 0.1) is 0 Å². The number of carbonyl (C=O) groups excluding carboxylic acids is 4. The highest BCUT2D eigenvalue weighted by molar-refractivity contribution is 9.10. The topological polar surface area (TPSA) is 139 Å². The molecule has 0 bridgehead atoms. The Kier molecular flexibility index (Phi) is 8.48. The zero-order valence-corrected chi connectivity index (χ0v) is 22.1. The molecule has 2 saturated heterocycles. The molecule has 9 nitrogen and oxygen atoms in total. The Morgan fingerprint density at radius 1 is 0.892 bits per heavy atom. The summed E-state index contributed by atoms with van der Waals surface area (Å²) in [5.74, 6) is -3.25. The van der Waals surface area contributed by atoms with Crippen molar-refractivity contribution in [2.24, 2.45) is 23.3 Å². The lowest BCUT2D eigenvalue weighted by Gasteiger charge is -2.41. The average molecular weight is 570 g/mol. The lowest BCUT2D eigenvalue weighted by Crippen LogP contribution is -2.56. The van der Waals surface area contributed by atoms with Gasteiger partial charge in [-0.1, -0.05) is 52.3 Å². The van der Waals surface area contributed by atoms with Crippen molar-refractivity contribution in [3.05, 3.63) is 64.6 Å². The molecule has 196 valence electrons. The molecule has 2 aromatic rings. The van der Waals surface area contributed by atoms with Gasteiger partial charge in [-0.05, 0) is 43.0 Å². The van der Waals surface area contributed by atoms with Crippen LogP contribution in [0, 0.1) is 11.8 Å². The quantitative estimate of drug-likeness (QED) is 0.436. The summed E-state index contributed by atoms with van der Waals surface area (Å²) < 4.78 is 1.03. The molecule has 2 heterocycles. The lowest BCUT2D eigenvalue weighted by atomic mass is 9.79. The van der Waals surface area contributed by atoms with Crippen molar-refractivity contribution in [3.63, 3.8) is 0 Å². The molecule has 10 heteroatoms. The van der Waals surface area contributed by atoms with Crippen molar-refractivity contribution in [2.75, 3.05) is 31.1 Å².